The third kappa shape index (κ3) is 4.61. The highest BCUT2D eigenvalue weighted by Gasteiger charge is 2.33. The van der Waals surface area contributed by atoms with Crippen molar-refractivity contribution in [3.05, 3.63) is 68.7 Å². The maximum atomic E-state index is 12.7. The van der Waals surface area contributed by atoms with Crippen LogP contribution in [-0.2, 0) is 14.9 Å². The topological polar surface area (TPSA) is 109 Å². The number of halogens is 1. The molecule has 8 nitrogen and oxygen atoms in total. The van der Waals surface area contributed by atoms with Crippen LogP contribution in [0, 0.1) is 12.3 Å². The van der Waals surface area contributed by atoms with Crippen molar-refractivity contribution in [2.45, 2.75) is 18.7 Å². The van der Waals surface area contributed by atoms with Crippen LogP contribution in [-0.4, -0.2) is 37.3 Å². The van der Waals surface area contributed by atoms with Crippen LogP contribution in [0.25, 0.3) is 6.08 Å². The Morgan fingerprint density at radius 2 is 1.88 bits per heavy atom. The number of allylic oxidation sites excluding steroid dienone is 1. The number of nitrogens with one attached hydrogen (secondary N) is 1. The van der Waals surface area contributed by atoms with Crippen molar-refractivity contribution in [2.75, 3.05) is 7.11 Å². The van der Waals surface area contributed by atoms with Crippen LogP contribution in [0.15, 0.2) is 67.4 Å². The van der Waals surface area contributed by atoms with Gasteiger partial charge in [-0.3, -0.25) is 15.1 Å². The van der Waals surface area contributed by atoms with Crippen molar-refractivity contribution in [1.82, 2.24) is 4.90 Å². The molecule has 1 amide bonds. The maximum Gasteiger partial charge on any atom is 0.339 e. The molecule has 0 fully saturated rings. The number of nitrogens with zero attached hydrogens (tertiary/aromatic N) is 2. The maximum absolute atomic E-state index is 12.7. The van der Waals surface area contributed by atoms with E-state index in [9.17, 15) is 13.2 Å². The van der Waals surface area contributed by atoms with E-state index in [0.717, 1.165) is 10.5 Å². The van der Waals surface area contributed by atoms with Crippen molar-refractivity contribution in [3.8, 4) is 11.5 Å². The Morgan fingerprint density at radius 3 is 2.55 bits per heavy atom. The molecule has 2 aromatic rings. The van der Waals surface area contributed by atoms with E-state index in [1.165, 1.54) is 43.1 Å². The third-order valence-electron chi connectivity index (χ3n) is 4.76. The van der Waals surface area contributed by atoms with Gasteiger partial charge < -0.3 is 8.92 Å². The van der Waals surface area contributed by atoms with Crippen LogP contribution in [0.5, 0.6) is 11.5 Å². The molecule has 0 bridgehead atoms. The predicted molar refractivity (Wildman–Crippen MR) is 131 cm³/mol. The first kappa shape index (κ1) is 23.3. The highest BCUT2D eigenvalue weighted by atomic mass is 79.9. The zero-order chi connectivity index (χ0) is 23.9. The number of amidine groups is 2. The number of carbonyl (C=O) groups excluding carboxylic acids is 1. The molecular formula is C22H18BrN3O5S2. The van der Waals surface area contributed by atoms with Gasteiger partial charge in [-0.2, -0.15) is 13.4 Å². The Bertz CT molecular complexity index is 1380. The molecule has 33 heavy (non-hydrogen) atoms. The fraction of sp³-hybridized carbons (Fsp3) is 0.136. The van der Waals surface area contributed by atoms with Crippen molar-refractivity contribution in [1.29, 1.82) is 5.41 Å². The standard InChI is InChI=1S/C22H18BrN3O5S2/c1-12-4-6-15(7-5-12)33(28,29)31-19-17(23)9-14(10-18(19)30-3)8-16-20(24)26-11-13(2)32-22(26)25-21(16)27/h4-11,24H,1-3H3. The van der Waals surface area contributed by atoms with E-state index >= 15 is 0 Å². The molecular weight excluding hydrogens is 530 g/mol. The summed E-state index contributed by atoms with van der Waals surface area (Å²) in [4.78, 5) is 19.1. The average molecular weight is 548 g/mol. The minimum absolute atomic E-state index is 0.00622. The molecule has 2 heterocycles. The summed E-state index contributed by atoms with van der Waals surface area (Å²) in [6.45, 7) is 3.73. The van der Waals surface area contributed by atoms with Gasteiger partial charge >= 0.3 is 10.1 Å². The van der Waals surface area contributed by atoms with Crippen LogP contribution >= 0.6 is 27.7 Å². The van der Waals surface area contributed by atoms with Crippen molar-refractivity contribution < 1.29 is 22.1 Å². The molecule has 0 unspecified atom stereocenters. The Labute approximate surface area is 203 Å². The van der Waals surface area contributed by atoms with E-state index in [-0.39, 0.29) is 27.8 Å². The summed E-state index contributed by atoms with van der Waals surface area (Å²) >= 11 is 4.66. The number of aryl methyl sites for hydroxylation is 1. The molecule has 0 aromatic heterocycles. The molecule has 11 heteroatoms. The van der Waals surface area contributed by atoms with E-state index < -0.39 is 16.0 Å². The molecule has 0 atom stereocenters. The Kier molecular flexibility index (Phi) is 6.21. The highest BCUT2D eigenvalue weighted by molar-refractivity contribution is 9.10. The van der Waals surface area contributed by atoms with Gasteiger partial charge in [0.05, 0.1) is 17.2 Å². The molecule has 2 aliphatic heterocycles. The van der Waals surface area contributed by atoms with Crippen LogP contribution in [0.1, 0.15) is 18.1 Å². The lowest BCUT2D eigenvalue weighted by atomic mass is 10.1. The molecule has 170 valence electrons. The van der Waals surface area contributed by atoms with Crippen molar-refractivity contribution >= 4 is 60.8 Å². The number of thioether (sulfide) groups is 1. The van der Waals surface area contributed by atoms with Crippen molar-refractivity contribution in [3.63, 3.8) is 0 Å². The summed E-state index contributed by atoms with van der Waals surface area (Å²) in [7, 11) is -2.73. The lowest BCUT2D eigenvalue weighted by Crippen LogP contribution is -2.35. The zero-order valence-electron chi connectivity index (χ0n) is 17.7. The zero-order valence-corrected chi connectivity index (χ0v) is 21.0. The van der Waals surface area contributed by atoms with E-state index in [4.69, 9.17) is 14.3 Å². The van der Waals surface area contributed by atoms with Crippen LogP contribution in [0.3, 0.4) is 0 Å². The number of methoxy groups -OCH3 is 1. The fourth-order valence-electron chi connectivity index (χ4n) is 3.14. The molecule has 0 saturated carbocycles. The number of benzene rings is 2. The molecule has 0 spiro atoms. The number of rotatable bonds is 5. The van der Waals surface area contributed by atoms with E-state index in [1.807, 2.05) is 13.8 Å². The van der Waals surface area contributed by atoms with Gasteiger partial charge in [0.25, 0.3) is 5.91 Å². The van der Waals surface area contributed by atoms with E-state index in [1.54, 1.807) is 29.3 Å². The minimum Gasteiger partial charge on any atom is -0.493 e. The molecule has 2 aliphatic rings. The van der Waals surface area contributed by atoms with Gasteiger partial charge in [0, 0.05) is 11.1 Å². The first-order chi connectivity index (χ1) is 15.6. The normalized spacial score (nSPS) is 17.1. The first-order valence-corrected chi connectivity index (χ1v) is 12.6. The molecule has 1 N–H and O–H groups in total. The number of carbonyl (C=O) groups is 1. The van der Waals surface area contributed by atoms with Gasteiger partial charge in [-0.05, 0) is 65.7 Å². The fourth-order valence-corrected chi connectivity index (χ4v) is 5.56. The number of hydrogen-bond acceptors (Lipinski definition) is 7. The van der Waals surface area contributed by atoms with Gasteiger partial charge in [0.15, 0.2) is 16.7 Å². The van der Waals surface area contributed by atoms with Gasteiger partial charge in [-0.1, -0.05) is 29.5 Å². The van der Waals surface area contributed by atoms with E-state index in [0.29, 0.717) is 15.2 Å². The third-order valence-corrected chi connectivity index (χ3v) is 7.48. The molecule has 0 aliphatic carbocycles. The molecule has 4 rings (SSSR count). The van der Waals surface area contributed by atoms with Gasteiger partial charge in [0.1, 0.15) is 10.7 Å². The summed E-state index contributed by atoms with van der Waals surface area (Å²) < 4.78 is 36.5. The Hall–Kier alpha value is -2.89. The molecule has 2 aromatic carbocycles. The highest BCUT2D eigenvalue weighted by Crippen LogP contribution is 2.39. The van der Waals surface area contributed by atoms with Crippen LogP contribution in [0.4, 0.5) is 0 Å². The largest absolute Gasteiger partial charge is 0.493 e. The number of fused-ring (bicyclic) bond motifs is 1. The number of hydrogen-bond donors (Lipinski definition) is 1. The van der Waals surface area contributed by atoms with Crippen LogP contribution in [0.2, 0.25) is 0 Å². The van der Waals surface area contributed by atoms with E-state index in [2.05, 4.69) is 20.9 Å². The Morgan fingerprint density at radius 1 is 1.18 bits per heavy atom. The summed E-state index contributed by atoms with van der Waals surface area (Å²) in [6.07, 6.45) is 3.25. The average Bonchev–Trinajstić information content (AvgIpc) is 3.13. The smallest absolute Gasteiger partial charge is 0.339 e. The summed E-state index contributed by atoms with van der Waals surface area (Å²) in [6, 6.07) is 9.39. The summed E-state index contributed by atoms with van der Waals surface area (Å²) in [5.74, 6) is -0.413. The van der Waals surface area contributed by atoms with Gasteiger partial charge in [-0.25, -0.2) is 0 Å². The second kappa shape index (κ2) is 8.81. The number of aliphatic imine (C=N–C) groups is 1. The second-order valence-electron chi connectivity index (χ2n) is 7.20. The molecule has 0 radical (unpaired) electrons. The van der Waals surface area contributed by atoms with Gasteiger partial charge in [0.2, 0.25) is 0 Å². The lowest BCUT2D eigenvalue weighted by Gasteiger charge is -2.22. The van der Waals surface area contributed by atoms with Gasteiger partial charge in [-0.15, -0.1) is 0 Å². The lowest BCUT2D eigenvalue weighted by molar-refractivity contribution is -0.114. The number of ether oxygens (including phenoxy) is 1. The quantitative estimate of drug-likeness (QED) is 0.426. The first-order valence-electron chi connectivity index (χ1n) is 9.57. The Balaban J connectivity index is 1.69. The van der Waals surface area contributed by atoms with Crippen LogP contribution < -0.4 is 8.92 Å². The monoisotopic (exact) mass is 547 g/mol. The number of amides is 1. The molecule has 0 saturated heterocycles. The minimum atomic E-state index is -4.10. The summed E-state index contributed by atoms with van der Waals surface area (Å²) in [5, 5.41) is 8.86. The SMILES string of the molecule is COc1cc(C=C2C(=N)N3C=C(C)SC3=NC2=O)cc(Br)c1OS(=O)(=O)c1ccc(C)cc1. The second-order valence-corrected chi connectivity index (χ2v) is 10.8. The summed E-state index contributed by atoms with van der Waals surface area (Å²) in [5.41, 5.74) is 1.51. The van der Waals surface area contributed by atoms with Crippen molar-refractivity contribution in [2.24, 2.45) is 4.99 Å². The predicted octanol–water partition coefficient (Wildman–Crippen LogP) is 4.70.